The molecule has 6 heteroatoms. The van der Waals surface area contributed by atoms with Crippen LogP contribution in [0.1, 0.15) is 180 Å². The number of anilines is 1. The van der Waals surface area contributed by atoms with Gasteiger partial charge >= 0.3 is 0 Å². The molecule has 0 fully saturated rings. The van der Waals surface area contributed by atoms with Gasteiger partial charge in [-0.1, -0.05) is 138 Å². The fraction of sp³-hybridized carbons (Fsp3) is 0.532. The summed E-state index contributed by atoms with van der Waals surface area (Å²) in [6, 6.07) is 12.7. The monoisotopic (exact) mass is 767 g/mol. The van der Waals surface area contributed by atoms with Crippen molar-refractivity contribution in [3.63, 3.8) is 0 Å². The number of fused-ring (bicyclic) bond motifs is 3. The number of unbranched alkanes of at least 4 members (excludes halogenated alkanes) is 10. The third-order valence-corrected chi connectivity index (χ3v) is 15.6. The number of para-hydroxylation sites is 1. The molecular weight excluding hydrogens is 707 g/mol. The first kappa shape index (κ1) is 39.9. The zero-order valence-corrected chi connectivity index (χ0v) is 36.3. The highest BCUT2D eigenvalue weighted by Gasteiger charge is 2.45. The van der Waals surface area contributed by atoms with Crippen molar-refractivity contribution in [2.45, 2.75) is 163 Å². The maximum Gasteiger partial charge on any atom is 0.267 e. The lowest BCUT2D eigenvalue weighted by Gasteiger charge is -2.20. The summed E-state index contributed by atoms with van der Waals surface area (Å²) >= 11 is 5.56. The number of hydrogen-bond donors (Lipinski definition) is 0. The number of aryl methyl sites for hydroxylation is 3. The van der Waals surface area contributed by atoms with Crippen LogP contribution >= 0.6 is 34.0 Å². The number of rotatable bonds is 16. The Hall–Kier alpha value is -2.80. The normalized spacial score (nSPS) is 13.7. The highest BCUT2D eigenvalue weighted by atomic mass is 32.1. The second-order valence-electron chi connectivity index (χ2n) is 17.4. The van der Waals surface area contributed by atoms with Crippen LogP contribution in [0.25, 0.3) is 29.9 Å². The Labute approximate surface area is 331 Å². The molecule has 0 saturated heterocycles. The molecule has 284 valence electrons. The predicted molar refractivity (Wildman–Crippen MR) is 234 cm³/mol. The fourth-order valence-electron chi connectivity index (χ4n) is 7.96. The molecule has 1 aliphatic heterocycles. The van der Waals surface area contributed by atoms with Gasteiger partial charge in [-0.05, 0) is 89.1 Å². The maximum absolute atomic E-state index is 14.5. The summed E-state index contributed by atoms with van der Waals surface area (Å²) in [5.41, 5.74) is 5.62. The van der Waals surface area contributed by atoms with Crippen LogP contribution in [0, 0.1) is 6.92 Å². The highest BCUT2D eigenvalue weighted by Crippen LogP contribution is 2.52. The smallest absolute Gasteiger partial charge is 0.267 e. The molecule has 3 nitrogen and oxygen atoms in total. The number of carbonyl (C=O) groups is 2. The van der Waals surface area contributed by atoms with E-state index in [2.05, 4.69) is 67.5 Å². The third-order valence-electron chi connectivity index (χ3n) is 11.0. The van der Waals surface area contributed by atoms with Crippen molar-refractivity contribution in [2.75, 3.05) is 4.90 Å². The molecule has 0 atom stereocenters. The molecule has 2 aromatic carbocycles. The average Bonchev–Trinajstić information content (AvgIpc) is 3.88. The summed E-state index contributed by atoms with van der Waals surface area (Å²) in [6.07, 6.45) is 17.5. The molecule has 53 heavy (non-hydrogen) atoms. The molecule has 2 amide bonds. The first-order chi connectivity index (χ1) is 25.3. The van der Waals surface area contributed by atoms with E-state index in [0.717, 1.165) is 33.0 Å². The zero-order valence-electron chi connectivity index (χ0n) is 33.9. The molecule has 4 heterocycles. The van der Waals surface area contributed by atoms with E-state index in [1.165, 1.54) is 118 Å². The van der Waals surface area contributed by atoms with Gasteiger partial charge in [-0.15, -0.1) is 34.0 Å². The van der Waals surface area contributed by atoms with E-state index in [1.54, 1.807) is 11.3 Å². The molecule has 5 aromatic rings. The number of hydrogen-bond acceptors (Lipinski definition) is 5. The van der Waals surface area contributed by atoms with Crippen molar-refractivity contribution < 1.29 is 9.59 Å². The fourth-order valence-corrected chi connectivity index (χ4v) is 12.0. The van der Waals surface area contributed by atoms with Crippen molar-refractivity contribution in [1.29, 1.82) is 0 Å². The van der Waals surface area contributed by atoms with Gasteiger partial charge in [0, 0.05) is 24.0 Å². The van der Waals surface area contributed by atoms with Crippen LogP contribution in [-0.4, -0.2) is 11.8 Å². The molecule has 0 radical (unpaired) electrons. The van der Waals surface area contributed by atoms with Crippen molar-refractivity contribution in [3.05, 3.63) is 74.0 Å². The van der Waals surface area contributed by atoms with Crippen LogP contribution in [0.15, 0.2) is 36.4 Å². The number of benzene rings is 2. The Morgan fingerprint density at radius 1 is 0.604 bits per heavy atom. The quantitative estimate of drug-likeness (QED) is 0.0741. The van der Waals surface area contributed by atoms with E-state index in [0.29, 0.717) is 16.8 Å². The second kappa shape index (κ2) is 16.5. The Balaban J connectivity index is 1.53. The van der Waals surface area contributed by atoms with Crippen molar-refractivity contribution in [3.8, 4) is 9.75 Å². The van der Waals surface area contributed by atoms with Gasteiger partial charge in [0.1, 0.15) is 0 Å². The zero-order chi connectivity index (χ0) is 38.1. The van der Waals surface area contributed by atoms with Gasteiger partial charge in [-0.25, -0.2) is 4.90 Å². The molecule has 0 spiro atoms. The molecule has 6 rings (SSSR count). The maximum atomic E-state index is 14.5. The van der Waals surface area contributed by atoms with Crippen molar-refractivity contribution in [2.24, 2.45) is 0 Å². The molecule has 0 N–H and O–H groups in total. The standard InChI is InChI=1S/C47H61NO2S3/c1-10-12-14-16-18-20-25-31-33-28-36(51-40(33)32(26-21-19-17-15-13-11-2)34-29-37(46(4,5)6)52-41(31)34)42-38-39(43(53-42)47(7,8)9)45(50)48(44(38)49)35-27-23-22-24-30(35)3/h22-24,27-29H,10-21,25-26H2,1-9H3. The molecule has 0 saturated carbocycles. The molecule has 0 bridgehead atoms. The van der Waals surface area contributed by atoms with Gasteiger partial charge in [0.2, 0.25) is 0 Å². The minimum Gasteiger partial charge on any atom is -0.268 e. The van der Waals surface area contributed by atoms with Crippen molar-refractivity contribution in [1.82, 2.24) is 0 Å². The van der Waals surface area contributed by atoms with Crippen LogP contribution < -0.4 is 4.90 Å². The van der Waals surface area contributed by atoms with Crippen LogP contribution in [0.4, 0.5) is 5.69 Å². The molecule has 0 aliphatic carbocycles. The lowest BCUT2D eigenvalue weighted by molar-refractivity contribution is 0.0925. The summed E-state index contributed by atoms with van der Waals surface area (Å²) in [7, 11) is 0. The summed E-state index contributed by atoms with van der Waals surface area (Å²) in [5, 5.41) is 2.83. The largest absolute Gasteiger partial charge is 0.268 e. The van der Waals surface area contributed by atoms with E-state index in [-0.39, 0.29) is 22.6 Å². The van der Waals surface area contributed by atoms with Crippen LogP contribution in [0.5, 0.6) is 0 Å². The molecule has 0 unspecified atom stereocenters. The Kier molecular flexibility index (Phi) is 12.4. The lowest BCUT2D eigenvalue weighted by atomic mass is 9.90. The Morgan fingerprint density at radius 3 is 1.70 bits per heavy atom. The number of imide groups is 1. The number of carbonyl (C=O) groups excluding carboxylic acids is 2. The van der Waals surface area contributed by atoms with E-state index in [4.69, 9.17) is 0 Å². The Bertz CT molecular complexity index is 2020. The van der Waals surface area contributed by atoms with Gasteiger partial charge in [-0.2, -0.15) is 0 Å². The number of thiophene rings is 3. The molecule has 1 aliphatic rings. The lowest BCUT2D eigenvalue weighted by Crippen LogP contribution is -2.31. The first-order valence-electron chi connectivity index (χ1n) is 20.4. The first-order valence-corrected chi connectivity index (χ1v) is 22.9. The van der Waals surface area contributed by atoms with Crippen LogP contribution in [0.3, 0.4) is 0 Å². The Morgan fingerprint density at radius 2 is 1.13 bits per heavy atom. The van der Waals surface area contributed by atoms with Crippen LogP contribution in [0.2, 0.25) is 0 Å². The van der Waals surface area contributed by atoms with E-state index in [9.17, 15) is 9.59 Å². The van der Waals surface area contributed by atoms with E-state index >= 15 is 0 Å². The topological polar surface area (TPSA) is 37.4 Å². The van der Waals surface area contributed by atoms with Crippen LogP contribution in [-0.2, 0) is 23.7 Å². The van der Waals surface area contributed by atoms with Gasteiger partial charge in [0.15, 0.2) is 0 Å². The minimum atomic E-state index is -0.279. The van der Waals surface area contributed by atoms with Gasteiger partial charge in [0.25, 0.3) is 11.8 Å². The number of amides is 2. The summed E-state index contributed by atoms with van der Waals surface area (Å²) < 4.78 is 2.87. The third kappa shape index (κ3) is 8.12. The molecule has 3 aromatic heterocycles. The van der Waals surface area contributed by atoms with Gasteiger partial charge in [0.05, 0.1) is 21.7 Å². The SMILES string of the molecule is CCCCCCCCc1c2cc(C(C)(C)C)sc2c(CCCCCCCC)c2cc(-c3sc(C(C)(C)C)c4c3C(=O)N(c3ccccc3C)C4=O)sc12. The van der Waals surface area contributed by atoms with Crippen molar-refractivity contribution >= 4 is 71.7 Å². The van der Waals surface area contributed by atoms with E-state index < -0.39 is 0 Å². The summed E-state index contributed by atoms with van der Waals surface area (Å²) in [4.78, 5) is 34.9. The average molecular weight is 768 g/mol. The second-order valence-corrected chi connectivity index (χ2v) is 20.6. The summed E-state index contributed by atoms with van der Waals surface area (Å²) in [5.74, 6) is -0.371. The van der Waals surface area contributed by atoms with E-state index in [1.807, 2.05) is 53.9 Å². The minimum absolute atomic E-state index is 0.0911. The van der Waals surface area contributed by atoms with Gasteiger partial charge in [-0.3, -0.25) is 9.59 Å². The molecular formula is C47H61NO2S3. The summed E-state index contributed by atoms with van der Waals surface area (Å²) in [6.45, 7) is 20.1. The highest BCUT2D eigenvalue weighted by molar-refractivity contribution is 7.27. The van der Waals surface area contributed by atoms with Gasteiger partial charge < -0.3 is 0 Å². The predicted octanol–water partition coefficient (Wildman–Crippen LogP) is 15.4. The number of nitrogens with zero attached hydrogens (tertiary/aromatic N) is 1.